The van der Waals surface area contributed by atoms with Gasteiger partial charge in [0.2, 0.25) is 0 Å². The zero-order valence-corrected chi connectivity index (χ0v) is 15.2. The predicted molar refractivity (Wildman–Crippen MR) is 87.8 cm³/mol. The van der Waals surface area contributed by atoms with Gasteiger partial charge in [0.05, 0.1) is 24.5 Å². The van der Waals surface area contributed by atoms with Crippen molar-refractivity contribution in [1.29, 1.82) is 0 Å². The molecule has 1 aliphatic rings. The molecule has 0 radical (unpaired) electrons. The molecule has 0 saturated carbocycles. The highest BCUT2D eigenvalue weighted by atomic mass is 32.2. The van der Waals surface area contributed by atoms with Crippen LogP contribution >= 0.6 is 0 Å². The normalized spacial score (nSPS) is 18.4. The van der Waals surface area contributed by atoms with Gasteiger partial charge in [0.15, 0.2) is 0 Å². The summed E-state index contributed by atoms with van der Waals surface area (Å²) < 4.78 is 40.3. The van der Waals surface area contributed by atoms with E-state index in [4.69, 9.17) is 9.47 Å². The van der Waals surface area contributed by atoms with Gasteiger partial charge in [0, 0.05) is 19.9 Å². The molecular weight excluding hydrogens is 336 g/mol. The second-order valence-corrected chi connectivity index (χ2v) is 8.24. The number of anilines is 1. The van der Waals surface area contributed by atoms with Gasteiger partial charge >= 0.3 is 16.3 Å². The topological polar surface area (TPSA) is 103 Å². The first-order valence-corrected chi connectivity index (χ1v) is 9.14. The molecule has 1 aliphatic heterocycles. The highest BCUT2D eigenvalue weighted by Crippen LogP contribution is 2.21. The zero-order valence-electron chi connectivity index (χ0n) is 14.4. The molecule has 1 atom stereocenters. The number of carbonyl (C=O) groups excluding carboxylic acids is 1. The number of rotatable bonds is 5. The van der Waals surface area contributed by atoms with Crippen LogP contribution in [0.4, 0.5) is 10.5 Å². The van der Waals surface area contributed by atoms with Crippen LogP contribution in [0, 0.1) is 0 Å². The summed E-state index contributed by atoms with van der Waals surface area (Å²) in [4.78, 5) is 11.9. The van der Waals surface area contributed by atoms with Gasteiger partial charge in [-0.2, -0.15) is 13.5 Å². The van der Waals surface area contributed by atoms with Gasteiger partial charge < -0.3 is 9.47 Å². The lowest BCUT2D eigenvalue weighted by molar-refractivity contribution is 0.0569. The van der Waals surface area contributed by atoms with E-state index >= 15 is 0 Å². The number of ether oxygens (including phenoxy) is 2. The van der Waals surface area contributed by atoms with Crippen LogP contribution in [0.25, 0.3) is 0 Å². The Hall–Kier alpha value is -1.81. The van der Waals surface area contributed by atoms with Crippen LogP contribution < -0.4 is 9.03 Å². The third-order valence-corrected chi connectivity index (χ3v) is 4.64. The molecule has 0 bridgehead atoms. The first kappa shape index (κ1) is 18.5. The van der Waals surface area contributed by atoms with Crippen molar-refractivity contribution in [2.45, 2.75) is 45.3 Å². The van der Waals surface area contributed by atoms with E-state index in [1.807, 2.05) is 4.72 Å². The van der Waals surface area contributed by atoms with Gasteiger partial charge in [-0.05, 0) is 33.6 Å². The van der Waals surface area contributed by atoms with Crippen LogP contribution in [0.3, 0.4) is 0 Å². The molecule has 2 rings (SSSR count). The highest BCUT2D eigenvalue weighted by Gasteiger charge is 2.31. The number of carbonyl (C=O) groups is 1. The number of aryl methyl sites for hydroxylation is 1. The van der Waals surface area contributed by atoms with Crippen LogP contribution in [0.15, 0.2) is 12.4 Å². The van der Waals surface area contributed by atoms with Gasteiger partial charge in [-0.1, -0.05) is 0 Å². The molecule has 1 N–H and O–H groups in total. The minimum atomic E-state index is -4.15. The molecule has 10 heteroatoms. The Morgan fingerprint density at radius 3 is 2.75 bits per heavy atom. The summed E-state index contributed by atoms with van der Waals surface area (Å²) in [5.74, 6) is 0. The van der Waals surface area contributed by atoms with E-state index in [-0.39, 0.29) is 12.6 Å². The van der Waals surface area contributed by atoms with Gasteiger partial charge in [-0.25, -0.2) is 13.8 Å². The molecular formula is C14H24N4O5S. The lowest BCUT2D eigenvalue weighted by Crippen LogP contribution is -2.47. The van der Waals surface area contributed by atoms with E-state index in [2.05, 4.69) is 5.10 Å². The number of hydrogen-bond donors (Lipinski definition) is 1. The Kier molecular flexibility index (Phi) is 5.38. The molecule has 0 spiro atoms. The maximum atomic E-state index is 12.6. The lowest BCUT2D eigenvalue weighted by atomic mass is 10.2. The fourth-order valence-corrected chi connectivity index (χ4v) is 3.41. The van der Waals surface area contributed by atoms with Gasteiger partial charge in [-0.15, -0.1) is 0 Å². The molecule has 0 aliphatic carbocycles. The first-order chi connectivity index (χ1) is 11.1. The summed E-state index contributed by atoms with van der Waals surface area (Å²) in [5.41, 5.74) is -0.447. The summed E-state index contributed by atoms with van der Waals surface area (Å²) in [6.07, 6.45) is 3.38. The van der Waals surface area contributed by atoms with Crippen molar-refractivity contribution in [3.05, 3.63) is 12.4 Å². The van der Waals surface area contributed by atoms with Gasteiger partial charge in [0.25, 0.3) is 0 Å². The number of hydrogen-bond acceptors (Lipinski definition) is 6. The van der Waals surface area contributed by atoms with Crippen LogP contribution in [-0.4, -0.2) is 49.1 Å². The third kappa shape index (κ3) is 5.10. The second-order valence-electron chi connectivity index (χ2n) is 6.65. The molecule has 0 aromatic carbocycles. The average Bonchev–Trinajstić information content (AvgIpc) is 3.03. The van der Waals surface area contributed by atoms with Crippen molar-refractivity contribution in [3.8, 4) is 0 Å². The van der Waals surface area contributed by atoms with Crippen molar-refractivity contribution in [3.63, 3.8) is 0 Å². The molecule has 24 heavy (non-hydrogen) atoms. The smallest absolute Gasteiger partial charge is 0.422 e. The second kappa shape index (κ2) is 6.98. The maximum absolute atomic E-state index is 12.6. The van der Waals surface area contributed by atoms with Crippen molar-refractivity contribution in [2.75, 3.05) is 17.5 Å². The van der Waals surface area contributed by atoms with Crippen molar-refractivity contribution >= 4 is 22.0 Å². The minimum absolute atomic E-state index is 0.101. The van der Waals surface area contributed by atoms with E-state index in [9.17, 15) is 13.2 Å². The van der Waals surface area contributed by atoms with Crippen molar-refractivity contribution in [1.82, 2.24) is 14.5 Å². The summed E-state index contributed by atoms with van der Waals surface area (Å²) in [6, 6.07) is 0. The summed E-state index contributed by atoms with van der Waals surface area (Å²) >= 11 is 0. The van der Waals surface area contributed by atoms with E-state index in [0.717, 1.165) is 17.1 Å². The summed E-state index contributed by atoms with van der Waals surface area (Å²) in [6.45, 7) is 5.67. The van der Waals surface area contributed by atoms with E-state index in [1.165, 1.54) is 10.9 Å². The molecule has 1 amide bonds. The Morgan fingerprint density at radius 1 is 1.54 bits per heavy atom. The molecule has 9 nitrogen and oxygen atoms in total. The molecule has 1 saturated heterocycles. The summed E-state index contributed by atoms with van der Waals surface area (Å²) in [7, 11) is -2.46. The van der Waals surface area contributed by atoms with E-state index in [0.29, 0.717) is 12.3 Å². The lowest BCUT2D eigenvalue weighted by Gasteiger charge is -2.26. The zero-order chi connectivity index (χ0) is 18.0. The minimum Gasteiger partial charge on any atom is -0.443 e. The van der Waals surface area contributed by atoms with Crippen molar-refractivity contribution < 1.29 is 22.7 Å². The largest absolute Gasteiger partial charge is 0.443 e. The molecule has 136 valence electrons. The van der Waals surface area contributed by atoms with Crippen LogP contribution in [-0.2, 0) is 26.7 Å². The van der Waals surface area contributed by atoms with Crippen molar-refractivity contribution in [2.24, 2.45) is 7.05 Å². The van der Waals surface area contributed by atoms with Crippen LogP contribution in [0.5, 0.6) is 0 Å². The van der Waals surface area contributed by atoms with Gasteiger partial charge in [-0.3, -0.25) is 4.68 Å². The Balaban J connectivity index is 2.19. The fourth-order valence-electron chi connectivity index (χ4n) is 2.31. The Bertz CT molecular complexity index is 674. The van der Waals surface area contributed by atoms with Crippen LogP contribution in [0.2, 0.25) is 0 Å². The Labute approximate surface area is 142 Å². The first-order valence-electron chi connectivity index (χ1n) is 7.70. The molecule has 2 heterocycles. The quantitative estimate of drug-likeness (QED) is 0.846. The number of amides is 1. The molecule has 1 aromatic heterocycles. The number of nitrogens with one attached hydrogen (secondary N) is 1. The SMILES string of the molecule is Cn1cc(N(C[C@H]2CCCO2)S(=O)(=O)NC(=O)OC(C)(C)C)cn1. The molecule has 1 fully saturated rings. The van der Waals surface area contributed by atoms with Crippen LogP contribution in [0.1, 0.15) is 33.6 Å². The average molecular weight is 360 g/mol. The molecule has 0 unspecified atom stereocenters. The highest BCUT2D eigenvalue weighted by molar-refractivity contribution is 7.91. The van der Waals surface area contributed by atoms with E-state index < -0.39 is 21.9 Å². The molecule has 1 aromatic rings. The standard InChI is InChI=1S/C14H24N4O5S/c1-14(2,3)23-13(19)16-24(20,21)18(10-12-6-5-7-22-12)11-8-15-17(4)9-11/h8-9,12H,5-7,10H2,1-4H3,(H,16,19)/t12-/m1/s1. The Morgan fingerprint density at radius 2 is 2.25 bits per heavy atom. The number of nitrogens with zero attached hydrogens (tertiary/aromatic N) is 3. The maximum Gasteiger partial charge on any atom is 0.422 e. The third-order valence-electron chi connectivity index (χ3n) is 3.27. The van der Waals surface area contributed by atoms with Gasteiger partial charge in [0.1, 0.15) is 5.60 Å². The van der Waals surface area contributed by atoms with E-state index in [1.54, 1.807) is 34.0 Å². The fraction of sp³-hybridized carbons (Fsp3) is 0.714. The number of aromatic nitrogens is 2. The summed E-state index contributed by atoms with van der Waals surface area (Å²) in [5, 5.41) is 3.99. The predicted octanol–water partition coefficient (Wildman–Crippen LogP) is 1.17. The monoisotopic (exact) mass is 360 g/mol.